The minimum absolute atomic E-state index is 0.305. The van der Waals surface area contributed by atoms with Gasteiger partial charge in [0.25, 0.3) is 5.78 Å². The maximum absolute atomic E-state index is 12.4. The molecule has 5 heteroatoms. The van der Waals surface area contributed by atoms with Crippen molar-refractivity contribution in [1.29, 1.82) is 0 Å². The maximum Gasteiger partial charge on any atom is 0.454 e. The second-order valence-electron chi connectivity index (χ2n) is 6.21. The molecule has 2 rings (SSSR count). The van der Waals surface area contributed by atoms with Crippen LogP contribution in [0.5, 0.6) is 0 Å². The number of hydrogen-bond donors (Lipinski definition) is 0. The van der Waals surface area contributed by atoms with Gasteiger partial charge in [0.05, 0.1) is 0 Å². The van der Waals surface area contributed by atoms with E-state index in [9.17, 15) is 18.0 Å². The lowest BCUT2D eigenvalue weighted by atomic mass is 9.89. The second-order valence-corrected chi connectivity index (χ2v) is 6.21. The highest BCUT2D eigenvalue weighted by atomic mass is 19.4. The van der Waals surface area contributed by atoms with Crippen LogP contribution in [-0.4, -0.2) is 28.9 Å². The Balaban J connectivity index is 2.07. The van der Waals surface area contributed by atoms with Crippen LogP contribution in [0.25, 0.3) is 0 Å². The molecule has 2 nitrogen and oxygen atoms in total. The number of allylic oxidation sites excluding steroid dienone is 1. The molecular weight excluding hydrogens is 279 g/mol. The molecule has 2 fully saturated rings. The Morgan fingerprint density at radius 2 is 1.29 bits per heavy atom. The van der Waals surface area contributed by atoms with Gasteiger partial charge in [0, 0.05) is 24.4 Å². The number of rotatable bonds is 4. The number of carbonyl (C=O) groups is 1. The molecule has 0 unspecified atom stereocenters. The summed E-state index contributed by atoms with van der Waals surface area (Å²) in [6, 6.07) is 0.610. The highest BCUT2D eigenvalue weighted by Crippen LogP contribution is 2.30. The van der Waals surface area contributed by atoms with Crippen molar-refractivity contribution in [3.63, 3.8) is 0 Å². The van der Waals surface area contributed by atoms with Crippen LogP contribution < -0.4 is 0 Å². The predicted octanol–water partition coefficient (Wildman–Crippen LogP) is 4.60. The highest BCUT2D eigenvalue weighted by molar-refractivity contribution is 5.94. The molecule has 120 valence electrons. The first-order valence-corrected chi connectivity index (χ1v) is 8.05. The van der Waals surface area contributed by atoms with Crippen LogP contribution in [0.3, 0.4) is 0 Å². The van der Waals surface area contributed by atoms with E-state index in [0.29, 0.717) is 12.1 Å². The summed E-state index contributed by atoms with van der Waals surface area (Å²) in [5.41, 5.74) is 0. The van der Waals surface area contributed by atoms with Crippen molar-refractivity contribution in [2.24, 2.45) is 0 Å². The van der Waals surface area contributed by atoms with Gasteiger partial charge in [-0.1, -0.05) is 38.5 Å². The molecular formula is C16H24F3NO. The summed E-state index contributed by atoms with van der Waals surface area (Å²) in [6.07, 6.45) is 8.46. The highest BCUT2D eigenvalue weighted by Gasteiger charge is 2.36. The van der Waals surface area contributed by atoms with Gasteiger partial charge >= 0.3 is 6.18 Å². The van der Waals surface area contributed by atoms with Gasteiger partial charge in [-0.05, 0) is 25.7 Å². The molecule has 0 aliphatic heterocycles. The van der Waals surface area contributed by atoms with Crippen molar-refractivity contribution in [2.45, 2.75) is 82.5 Å². The molecule has 0 amide bonds. The quantitative estimate of drug-likeness (QED) is 0.707. The third-order valence-electron chi connectivity index (χ3n) is 4.67. The van der Waals surface area contributed by atoms with Crippen LogP contribution in [0.4, 0.5) is 13.2 Å². The summed E-state index contributed by atoms with van der Waals surface area (Å²) in [6.45, 7) is 0. The van der Waals surface area contributed by atoms with E-state index in [2.05, 4.69) is 4.90 Å². The number of alkyl halides is 3. The third kappa shape index (κ3) is 4.75. The SMILES string of the molecule is O=C(C=CN(C1CCCCC1)C1CCCCC1)C(F)(F)F. The van der Waals surface area contributed by atoms with E-state index in [4.69, 9.17) is 0 Å². The molecule has 0 bridgehead atoms. The Morgan fingerprint density at radius 3 is 1.67 bits per heavy atom. The molecule has 2 aliphatic rings. The van der Waals surface area contributed by atoms with Crippen LogP contribution in [0.1, 0.15) is 64.2 Å². The molecule has 2 aliphatic carbocycles. The van der Waals surface area contributed by atoms with E-state index in [0.717, 1.165) is 57.4 Å². The van der Waals surface area contributed by atoms with Gasteiger partial charge in [-0.15, -0.1) is 0 Å². The smallest absolute Gasteiger partial charge is 0.371 e. The number of carbonyl (C=O) groups excluding carboxylic acids is 1. The molecule has 0 spiro atoms. The first-order chi connectivity index (χ1) is 9.98. The van der Waals surface area contributed by atoms with Gasteiger partial charge in [-0.25, -0.2) is 0 Å². The maximum atomic E-state index is 12.4. The predicted molar refractivity (Wildman–Crippen MR) is 75.8 cm³/mol. The topological polar surface area (TPSA) is 20.3 Å². The Morgan fingerprint density at radius 1 is 0.857 bits per heavy atom. The van der Waals surface area contributed by atoms with Crippen molar-refractivity contribution in [3.8, 4) is 0 Å². The summed E-state index contributed by atoms with van der Waals surface area (Å²) in [4.78, 5) is 13.2. The van der Waals surface area contributed by atoms with Crippen molar-refractivity contribution in [3.05, 3.63) is 12.3 Å². The van der Waals surface area contributed by atoms with Crippen LogP contribution in [-0.2, 0) is 4.79 Å². The normalized spacial score (nSPS) is 22.6. The van der Waals surface area contributed by atoms with E-state index in [-0.39, 0.29) is 0 Å². The van der Waals surface area contributed by atoms with E-state index < -0.39 is 12.0 Å². The van der Waals surface area contributed by atoms with E-state index >= 15 is 0 Å². The van der Waals surface area contributed by atoms with E-state index in [1.54, 1.807) is 0 Å². The van der Waals surface area contributed by atoms with Crippen molar-refractivity contribution in [1.82, 2.24) is 4.90 Å². The van der Waals surface area contributed by atoms with Crippen LogP contribution in [0, 0.1) is 0 Å². The minimum Gasteiger partial charge on any atom is -0.371 e. The fraction of sp³-hybridized carbons (Fsp3) is 0.812. The van der Waals surface area contributed by atoms with Gasteiger partial charge < -0.3 is 4.90 Å². The fourth-order valence-electron chi connectivity index (χ4n) is 3.55. The lowest BCUT2D eigenvalue weighted by molar-refractivity contribution is -0.165. The van der Waals surface area contributed by atoms with Gasteiger partial charge in [-0.3, -0.25) is 4.79 Å². The summed E-state index contributed by atoms with van der Waals surface area (Å²) >= 11 is 0. The first-order valence-electron chi connectivity index (χ1n) is 8.05. The monoisotopic (exact) mass is 303 g/mol. The fourth-order valence-corrected chi connectivity index (χ4v) is 3.55. The molecule has 0 N–H and O–H groups in total. The zero-order chi connectivity index (χ0) is 15.3. The van der Waals surface area contributed by atoms with E-state index in [1.165, 1.54) is 19.0 Å². The number of hydrogen-bond acceptors (Lipinski definition) is 2. The number of ketones is 1. The molecule has 21 heavy (non-hydrogen) atoms. The molecule has 0 aromatic rings. The number of nitrogens with zero attached hydrogens (tertiary/aromatic N) is 1. The average Bonchev–Trinajstić information content (AvgIpc) is 2.48. The summed E-state index contributed by atoms with van der Waals surface area (Å²) in [7, 11) is 0. The zero-order valence-corrected chi connectivity index (χ0v) is 12.4. The molecule has 0 saturated heterocycles. The second kappa shape index (κ2) is 7.32. The lowest BCUT2D eigenvalue weighted by Gasteiger charge is -2.41. The van der Waals surface area contributed by atoms with Gasteiger partial charge in [-0.2, -0.15) is 13.2 Å². The molecule has 0 radical (unpaired) electrons. The van der Waals surface area contributed by atoms with Crippen LogP contribution in [0.15, 0.2) is 12.3 Å². The summed E-state index contributed by atoms with van der Waals surface area (Å²) in [5, 5.41) is 0. The zero-order valence-electron chi connectivity index (χ0n) is 12.4. The molecule has 0 atom stereocenters. The van der Waals surface area contributed by atoms with E-state index in [1.807, 2.05) is 0 Å². The summed E-state index contributed by atoms with van der Waals surface area (Å²) in [5.74, 6) is -1.75. The largest absolute Gasteiger partial charge is 0.454 e. The van der Waals surface area contributed by atoms with Crippen molar-refractivity contribution < 1.29 is 18.0 Å². The van der Waals surface area contributed by atoms with Gasteiger partial charge in [0.1, 0.15) is 0 Å². The Bertz CT molecular complexity index is 348. The Kier molecular flexibility index (Phi) is 5.71. The average molecular weight is 303 g/mol. The third-order valence-corrected chi connectivity index (χ3v) is 4.67. The van der Waals surface area contributed by atoms with Crippen molar-refractivity contribution >= 4 is 5.78 Å². The Hall–Kier alpha value is -1.00. The van der Waals surface area contributed by atoms with Crippen LogP contribution >= 0.6 is 0 Å². The van der Waals surface area contributed by atoms with Gasteiger partial charge in [0.2, 0.25) is 0 Å². The molecule has 2 saturated carbocycles. The molecule has 0 aromatic heterocycles. The van der Waals surface area contributed by atoms with Crippen molar-refractivity contribution in [2.75, 3.05) is 0 Å². The molecule has 0 heterocycles. The number of halogens is 3. The summed E-state index contributed by atoms with van der Waals surface area (Å²) < 4.78 is 37.1. The first kappa shape index (κ1) is 16.4. The lowest BCUT2D eigenvalue weighted by Crippen LogP contribution is -2.41. The Labute approximate surface area is 124 Å². The van der Waals surface area contributed by atoms with Gasteiger partial charge in [0.15, 0.2) is 0 Å². The minimum atomic E-state index is -4.76. The van der Waals surface area contributed by atoms with Crippen LogP contribution in [0.2, 0.25) is 0 Å². The standard InChI is InChI=1S/C16H24F3NO/c17-16(18,19)15(21)11-12-20(13-7-3-1-4-8-13)14-9-5-2-6-10-14/h11-14H,1-10H2. The molecule has 0 aromatic carbocycles.